The lowest BCUT2D eigenvalue weighted by molar-refractivity contribution is 0.459. The highest BCUT2D eigenvalue weighted by Crippen LogP contribution is 2.28. The van der Waals surface area contributed by atoms with Crippen LogP contribution in [0.3, 0.4) is 0 Å². The normalized spacial score (nSPS) is 11.8. The predicted octanol–water partition coefficient (Wildman–Crippen LogP) is 2.43. The fourth-order valence-electron chi connectivity index (χ4n) is 1.62. The number of sulfonamides is 1. The Hall–Kier alpha value is -1.04. The number of halogens is 1. The Balaban J connectivity index is 3.40. The summed E-state index contributed by atoms with van der Waals surface area (Å²) < 4.78 is 26.2. The van der Waals surface area contributed by atoms with Gasteiger partial charge in [0, 0.05) is 23.8 Å². The van der Waals surface area contributed by atoms with Crippen molar-refractivity contribution in [1.82, 2.24) is 4.31 Å². The Morgan fingerprint density at radius 1 is 1.50 bits per heavy atom. The van der Waals surface area contributed by atoms with E-state index in [-0.39, 0.29) is 11.4 Å². The fourth-order valence-corrected chi connectivity index (χ4v) is 3.61. The number of rotatable bonds is 5. The van der Waals surface area contributed by atoms with Crippen LogP contribution in [0, 0.1) is 6.92 Å². The average Bonchev–Trinajstić information content (AvgIpc) is 2.30. The van der Waals surface area contributed by atoms with E-state index in [0.717, 1.165) is 0 Å². The number of benzene rings is 1. The molecule has 100 valence electrons. The lowest BCUT2D eigenvalue weighted by atomic mass is 10.2. The van der Waals surface area contributed by atoms with E-state index in [0.29, 0.717) is 22.8 Å². The van der Waals surface area contributed by atoms with Crippen molar-refractivity contribution in [3.8, 4) is 0 Å². The van der Waals surface area contributed by atoms with Crippen LogP contribution in [0.1, 0.15) is 12.5 Å². The maximum absolute atomic E-state index is 12.4. The van der Waals surface area contributed by atoms with Crippen molar-refractivity contribution in [1.29, 1.82) is 0 Å². The van der Waals surface area contributed by atoms with Gasteiger partial charge in [0.05, 0.1) is 4.90 Å². The number of likely N-dealkylation sites (N-methyl/N-ethyl adjacent to an activating group) is 1. The molecule has 0 aliphatic carbocycles. The molecular formula is C12H17ClN2O2S. The second kappa shape index (κ2) is 5.73. The first kappa shape index (κ1) is 15.0. The number of anilines is 1. The van der Waals surface area contributed by atoms with Crippen molar-refractivity contribution in [2.45, 2.75) is 18.7 Å². The van der Waals surface area contributed by atoms with Gasteiger partial charge in [0.15, 0.2) is 0 Å². The third kappa shape index (κ3) is 2.85. The van der Waals surface area contributed by atoms with Gasteiger partial charge in [-0.1, -0.05) is 24.6 Å². The van der Waals surface area contributed by atoms with Gasteiger partial charge in [0.2, 0.25) is 10.0 Å². The zero-order valence-electron chi connectivity index (χ0n) is 10.5. The van der Waals surface area contributed by atoms with Gasteiger partial charge in [-0.25, -0.2) is 8.42 Å². The predicted molar refractivity (Wildman–Crippen MR) is 75.2 cm³/mol. The molecule has 0 aliphatic rings. The first-order valence-corrected chi connectivity index (χ1v) is 7.33. The SMILES string of the molecule is C=CCN(CC)S(=O)(=O)c1cc(Cl)cc(N)c1C. The fraction of sp³-hybridized carbons (Fsp3) is 0.333. The van der Waals surface area contributed by atoms with Crippen LogP contribution in [0.4, 0.5) is 5.69 Å². The highest BCUT2D eigenvalue weighted by Gasteiger charge is 2.25. The van der Waals surface area contributed by atoms with E-state index in [1.807, 2.05) is 0 Å². The van der Waals surface area contributed by atoms with Gasteiger partial charge in [0.1, 0.15) is 0 Å². The molecule has 0 bridgehead atoms. The van der Waals surface area contributed by atoms with Crippen LogP contribution < -0.4 is 5.73 Å². The topological polar surface area (TPSA) is 63.4 Å². The monoisotopic (exact) mass is 288 g/mol. The van der Waals surface area contributed by atoms with Gasteiger partial charge in [-0.3, -0.25) is 0 Å². The molecule has 4 nitrogen and oxygen atoms in total. The molecule has 0 amide bonds. The van der Waals surface area contributed by atoms with Gasteiger partial charge >= 0.3 is 0 Å². The molecule has 0 saturated heterocycles. The summed E-state index contributed by atoms with van der Waals surface area (Å²) >= 11 is 5.87. The van der Waals surface area contributed by atoms with Crippen molar-refractivity contribution in [3.63, 3.8) is 0 Å². The molecule has 0 fully saturated rings. The van der Waals surface area contributed by atoms with Gasteiger partial charge < -0.3 is 5.73 Å². The van der Waals surface area contributed by atoms with Crippen molar-refractivity contribution < 1.29 is 8.42 Å². The Kier molecular flexibility index (Phi) is 4.78. The van der Waals surface area contributed by atoms with Crippen molar-refractivity contribution in [2.75, 3.05) is 18.8 Å². The van der Waals surface area contributed by atoms with Crippen molar-refractivity contribution in [3.05, 3.63) is 35.4 Å². The Labute approximate surface area is 113 Å². The number of hydrogen-bond acceptors (Lipinski definition) is 3. The minimum Gasteiger partial charge on any atom is -0.398 e. The van der Waals surface area contributed by atoms with Crippen molar-refractivity contribution >= 4 is 27.3 Å². The maximum Gasteiger partial charge on any atom is 0.243 e. The highest BCUT2D eigenvalue weighted by atomic mass is 35.5. The Bertz CT molecular complexity index is 555. The zero-order chi connectivity index (χ0) is 13.9. The summed E-state index contributed by atoms with van der Waals surface area (Å²) in [5.41, 5.74) is 6.63. The Morgan fingerprint density at radius 3 is 2.61 bits per heavy atom. The van der Waals surface area contributed by atoms with Crippen molar-refractivity contribution in [2.24, 2.45) is 0 Å². The van der Waals surface area contributed by atoms with Crippen LogP contribution in [0.5, 0.6) is 0 Å². The summed E-state index contributed by atoms with van der Waals surface area (Å²) in [4.78, 5) is 0.149. The van der Waals surface area contributed by atoms with E-state index in [4.69, 9.17) is 17.3 Å². The van der Waals surface area contributed by atoms with E-state index in [1.54, 1.807) is 26.0 Å². The molecule has 1 aromatic rings. The van der Waals surface area contributed by atoms with Gasteiger partial charge in [-0.2, -0.15) is 4.31 Å². The molecule has 0 spiro atoms. The van der Waals surface area contributed by atoms with Crippen LogP contribution >= 0.6 is 11.6 Å². The van der Waals surface area contributed by atoms with E-state index >= 15 is 0 Å². The van der Waals surface area contributed by atoms with Gasteiger partial charge in [0.25, 0.3) is 0 Å². The molecule has 18 heavy (non-hydrogen) atoms. The number of nitrogens with zero attached hydrogens (tertiary/aromatic N) is 1. The van der Waals surface area contributed by atoms with E-state index in [9.17, 15) is 8.42 Å². The van der Waals surface area contributed by atoms with Gasteiger partial charge in [-0.05, 0) is 24.6 Å². The lowest BCUT2D eigenvalue weighted by Crippen LogP contribution is -2.31. The first-order chi connectivity index (χ1) is 8.34. The molecule has 0 atom stereocenters. The number of nitrogen functional groups attached to an aromatic ring is 1. The summed E-state index contributed by atoms with van der Waals surface area (Å²) in [6.45, 7) is 7.61. The summed E-state index contributed by atoms with van der Waals surface area (Å²) in [6, 6.07) is 2.97. The molecule has 0 heterocycles. The zero-order valence-corrected chi connectivity index (χ0v) is 12.1. The maximum atomic E-state index is 12.4. The van der Waals surface area contributed by atoms with E-state index < -0.39 is 10.0 Å². The van der Waals surface area contributed by atoms with Crippen LogP contribution in [0.25, 0.3) is 0 Å². The molecule has 0 unspecified atom stereocenters. The molecule has 1 rings (SSSR count). The average molecular weight is 289 g/mol. The third-order valence-corrected chi connectivity index (χ3v) is 4.95. The summed E-state index contributed by atoms with van der Waals surface area (Å²) in [6.07, 6.45) is 1.55. The molecule has 2 N–H and O–H groups in total. The molecule has 0 aliphatic heterocycles. The minimum atomic E-state index is -3.59. The molecule has 0 aromatic heterocycles. The smallest absolute Gasteiger partial charge is 0.243 e. The lowest BCUT2D eigenvalue weighted by Gasteiger charge is -2.20. The summed E-state index contributed by atoms with van der Waals surface area (Å²) in [5, 5.41) is 0.311. The van der Waals surface area contributed by atoms with Gasteiger partial charge in [-0.15, -0.1) is 6.58 Å². The van der Waals surface area contributed by atoms with E-state index in [1.165, 1.54) is 10.4 Å². The van der Waals surface area contributed by atoms with Crippen LogP contribution in [0.2, 0.25) is 5.02 Å². The largest absolute Gasteiger partial charge is 0.398 e. The standard InChI is InChI=1S/C12H17ClN2O2S/c1-4-6-15(5-2)18(16,17)12-8-10(13)7-11(14)9(12)3/h4,7-8H,1,5-6,14H2,2-3H3. The molecular weight excluding hydrogens is 272 g/mol. The molecule has 1 aromatic carbocycles. The first-order valence-electron chi connectivity index (χ1n) is 5.51. The minimum absolute atomic E-state index is 0.149. The second-order valence-corrected chi connectivity index (χ2v) is 6.21. The highest BCUT2D eigenvalue weighted by molar-refractivity contribution is 7.89. The molecule has 0 radical (unpaired) electrons. The number of nitrogens with two attached hydrogens (primary N) is 1. The summed E-state index contributed by atoms with van der Waals surface area (Å²) in [5.74, 6) is 0. The van der Waals surface area contributed by atoms with Crippen LogP contribution in [-0.4, -0.2) is 25.8 Å². The molecule has 0 saturated carbocycles. The number of hydrogen-bond donors (Lipinski definition) is 1. The van der Waals surface area contributed by atoms with E-state index in [2.05, 4.69) is 6.58 Å². The van der Waals surface area contributed by atoms with Crippen LogP contribution in [0.15, 0.2) is 29.7 Å². The third-order valence-electron chi connectivity index (χ3n) is 2.67. The summed E-state index contributed by atoms with van der Waals surface area (Å²) in [7, 11) is -3.59. The Morgan fingerprint density at radius 2 is 2.11 bits per heavy atom. The quantitative estimate of drug-likeness (QED) is 0.668. The second-order valence-electron chi connectivity index (χ2n) is 3.86. The van der Waals surface area contributed by atoms with Crippen LogP contribution in [-0.2, 0) is 10.0 Å². The molecule has 6 heteroatoms.